The Labute approximate surface area is 120 Å². The van der Waals surface area contributed by atoms with Crippen LogP contribution < -0.4 is 5.73 Å². The number of nitrogens with zero attached hydrogens (tertiary/aromatic N) is 2. The maximum atomic E-state index is 9.28. The molecular weight excluding hydrogens is 250 g/mol. The van der Waals surface area contributed by atoms with Crippen LogP contribution in [-0.4, -0.2) is 21.3 Å². The van der Waals surface area contributed by atoms with Gasteiger partial charge in [0, 0.05) is 18.9 Å². The van der Waals surface area contributed by atoms with E-state index in [1.807, 2.05) is 12.4 Å². The predicted octanol–water partition coefficient (Wildman–Crippen LogP) is 2.09. The first-order chi connectivity index (χ1) is 9.67. The van der Waals surface area contributed by atoms with Gasteiger partial charge in [-0.1, -0.05) is 0 Å². The second-order valence-electron chi connectivity index (χ2n) is 7.62. The molecule has 1 atom stereocenters. The van der Waals surface area contributed by atoms with Gasteiger partial charge >= 0.3 is 0 Å². The van der Waals surface area contributed by atoms with Crippen molar-refractivity contribution in [2.45, 2.75) is 51.1 Å². The van der Waals surface area contributed by atoms with Crippen molar-refractivity contribution in [2.24, 2.45) is 28.9 Å². The van der Waals surface area contributed by atoms with Gasteiger partial charge in [0.15, 0.2) is 0 Å². The van der Waals surface area contributed by atoms with Crippen molar-refractivity contribution in [2.75, 3.05) is 6.61 Å². The summed E-state index contributed by atoms with van der Waals surface area (Å²) in [5.41, 5.74) is 6.46. The summed E-state index contributed by atoms with van der Waals surface area (Å²) in [5, 5.41) is 9.28. The number of imidazole rings is 1. The van der Waals surface area contributed by atoms with Crippen molar-refractivity contribution in [3.8, 4) is 0 Å². The average Bonchev–Trinajstić information content (AvgIpc) is 2.83. The van der Waals surface area contributed by atoms with E-state index in [1.54, 1.807) is 0 Å². The molecule has 4 heteroatoms. The lowest BCUT2D eigenvalue weighted by molar-refractivity contribution is -0.0624. The second-order valence-corrected chi connectivity index (χ2v) is 7.62. The summed E-state index contributed by atoms with van der Waals surface area (Å²) in [5.74, 6) is 3.77. The highest BCUT2D eigenvalue weighted by molar-refractivity contribution is 5.05. The van der Waals surface area contributed by atoms with E-state index in [1.165, 1.54) is 38.5 Å². The topological polar surface area (TPSA) is 64.1 Å². The van der Waals surface area contributed by atoms with E-state index in [9.17, 15) is 5.11 Å². The highest BCUT2D eigenvalue weighted by atomic mass is 16.3. The van der Waals surface area contributed by atoms with Crippen molar-refractivity contribution in [3.63, 3.8) is 0 Å². The number of rotatable bonds is 4. The Morgan fingerprint density at radius 2 is 1.85 bits per heavy atom. The Morgan fingerprint density at radius 1 is 1.25 bits per heavy atom. The molecule has 4 aliphatic carbocycles. The molecule has 5 rings (SSSR count). The Morgan fingerprint density at radius 3 is 2.40 bits per heavy atom. The zero-order valence-corrected chi connectivity index (χ0v) is 12.0. The van der Waals surface area contributed by atoms with Crippen LogP contribution in [0.5, 0.6) is 0 Å². The minimum absolute atomic E-state index is 0.0299. The van der Waals surface area contributed by atoms with Gasteiger partial charge in [0.1, 0.15) is 5.82 Å². The van der Waals surface area contributed by atoms with Crippen molar-refractivity contribution in [1.29, 1.82) is 0 Å². The van der Waals surface area contributed by atoms with Crippen LogP contribution in [0.4, 0.5) is 0 Å². The van der Waals surface area contributed by atoms with Crippen LogP contribution in [-0.2, 0) is 6.54 Å². The molecule has 0 amide bonds. The lowest BCUT2D eigenvalue weighted by Crippen LogP contribution is -2.48. The SMILES string of the molecule is NC(CO)c1nccn1CC12CC3CC(CC(C3)C1)C2. The minimum Gasteiger partial charge on any atom is -0.394 e. The summed E-state index contributed by atoms with van der Waals surface area (Å²) >= 11 is 0. The molecule has 0 spiro atoms. The van der Waals surface area contributed by atoms with E-state index in [-0.39, 0.29) is 12.6 Å². The van der Waals surface area contributed by atoms with Gasteiger partial charge in [0.05, 0.1) is 12.6 Å². The Hall–Kier alpha value is -0.870. The van der Waals surface area contributed by atoms with E-state index in [2.05, 4.69) is 9.55 Å². The third kappa shape index (κ3) is 2.01. The van der Waals surface area contributed by atoms with Crippen LogP contribution in [0, 0.1) is 23.2 Å². The molecule has 4 fully saturated rings. The Balaban J connectivity index is 1.58. The van der Waals surface area contributed by atoms with Crippen LogP contribution in [0.25, 0.3) is 0 Å². The van der Waals surface area contributed by atoms with E-state index in [0.717, 1.165) is 30.1 Å². The van der Waals surface area contributed by atoms with Crippen LogP contribution in [0.3, 0.4) is 0 Å². The van der Waals surface area contributed by atoms with Crippen LogP contribution in [0.15, 0.2) is 12.4 Å². The van der Waals surface area contributed by atoms with E-state index < -0.39 is 0 Å². The quantitative estimate of drug-likeness (QED) is 0.884. The van der Waals surface area contributed by atoms with Crippen LogP contribution in [0.1, 0.15) is 50.4 Å². The van der Waals surface area contributed by atoms with Crippen molar-refractivity contribution in [3.05, 3.63) is 18.2 Å². The maximum Gasteiger partial charge on any atom is 0.128 e. The van der Waals surface area contributed by atoms with Crippen molar-refractivity contribution >= 4 is 0 Å². The highest BCUT2D eigenvalue weighted by Crippen LogP contribution is 2.60. The van der Waals surface area contributed by atoms with Crippen LogP contribution in [0.2, 0.25) is 0 Å². The third-order valence-corrected chi connectivity index (χ3v) is 5.95. The van der Waals surface area contributed by atoms with Gasteiger partial charge in [-0.05, 0) is 61.7 Å². The first-order valence-corrected chi connectivity index (χ1v) is 8.05. The van der Waals surface area contributed by atoms with Crippen molar-refractivity contribution in [1.82, 2.24) is 9.55 Å². The van der Waals surface area contributed by atoms with Gasteiger partial charge in [0.2, 0.25) is 0 Å². The van der Waals surface area contributed by atoms with Gasteiger partial charge < -0.3 is 15.4 Å². The molecule has 0 saturated heterocycles. The largest absolute Gasteiger partial charge is 0.394 e. The summed E-state index contributed by atoms with van der Waals surface area (Å²) < 4.78 is 2.22. The molecule has 1 aromatic heterocycles. The number of hydrogen-bond acceptors (Lipinski definition) is 3. The normalized spacial score (nSPS) is 40.2. The van der Waals surface area contributed by atoms with Gasteiger partial charge in [-0.3, -0.25) is 0 Å². The Bertz CT molecular complexity index is 460. The lowest BCUT2D eigenvalue weighted by atomic mass is 9.49. The molecule has 0 aliphatic heterocycles. The molecular formula is C16H25N3O. The molecule has 4 saturated carbocycles. The molecule has 0 aromatic carbocycles. The van der Waals surface area contributed by atoms with Crippen molar-refractivity contribution < 1.29 is 5.11 Å². The monoisotopic (exact) mass is 275 g/mol. The summed E-state index contributed by atoms with van der Waals surface area (Å²) in [6.07, 6.45) is 12.5. The fourth-order valence-corrected chi connectivity index (χ4v) is 5.71. The maximum absolute atomic E-state index is 9.28. The van der Waals surface area contributed by atoms with Gasteiger partial charge in [-0.25, -0.2) is 4.98 Å². The lowest BCUT2D eigenvalue weighted by Gasteiger charge is -2.57. The zero-order valence-electron chi connectivity index (χ0n) is 12.0. The van der Waals surface area contributed by atoms with E-state index in [4.69, 9.17) is 5.73 Å². The standard InChI is InChI=1S/C16H25N3O/c17-14(9-20)15-18-1-2-19(15)10-16-6-11-3-12(7-16)5-13(4-11)8-16/h1-2,11-14,20H,3-10,17H2. The average molecular weight is 275 g/mol. The molecule has 4 bridgehead atoms. The molecule has 4 nitrogen and oxygen atoms in total. The number of hydrogen-bond donors (Lipinski definition) is 2. The fourth-order valence-electron chi connectivity index (χ4n) is 5.71. The number of nitrogens with two attached hydrogens (primary N) is 1. The number of aromatic nitrogens is 2. The minimum atomic E-state index is -0.348. The summed E-state index contributed by atoms with van der Waals surface area (Å²) in [6.45, 7) is 1.03. The summed E-state index contributed by atoms with van der Waals surface area (Å²) in [6, 6.07) is -0.348. The molecule has 1 aromatic rings. The predicted molar refractivity (Wildman–Crippen MR) is 76.8 cm³/mol. The highest BCUT2D eigenvalue weighted by Gasteiger charge is 2.51. The number of aliphatic hydroxyl groups excluding tert-OH is 1. The van der Waals surface area contributed by atoms with Crippen LogP contribution >= 0.6 is 0 Å². The first kappa shape index (κ1) is 12.8. The van der Waals surface area contributed by atoms with E-state index >= 15 is 0 Å². The third-order valence-electron chi connectivity index (χ3n) is 5.95. The molecule has 3 N–H and O–H groups in total. The van der Waals surface area contributed by atoms with E-state index in [0.29, 0.717) is 5.41 Å². The molecule has 0 radical (unpaired) electrons. The first-order valence-electron chi connectivity index (χ1n) is 8.05. The molecule has 1 heterocycles. The molecule has 110 valence electrons. The summed E-state index contributed by atoms with van der Waals surface area (Å²) in [7, 11) is 0. The number of aliphatic hydroxyl groups is 1. The summed E-state index contributed by atoms with van der Waals surface area (Å²) in [4.78, 5) is 4.36. The van der Waals surface area contributed by atoms with Gasteiger partial charge in [-0.15, -0.1) is 0 Å². The zero-order chi connectivity index (χ0) is 13.7. The Kier molecular flexibility index (Phi) is 2.93. The molecule has 20 heavy (non-hydrogen) atoms. The fraction of sp³-hybridized carbons (Fsp3) is 0.812. The molecule has 4 aliphatic rings. The second kappa shape index (κ2) is 4.57. The molecule has 1 unspecified atom stereocenters. The van der Waals surface area contributed by atoms with Gasteiger partial charge in [-0.2, -0.15) is 0 Å². The smallest absolute Gasteiger partial charge is 0.128 e. The van der Waals surface area contributed by atoms with Gasteiger partial charge in [0.25, 0.3) is 0 Å².